The number of aromatic nitrogens is 2. The summed E-state index contributed by atoms with van der Waals surface area (Å²) in [5, 5.41) is 9.78. The third-order valence-electron chi connectivity index (χ3n) is 3.99. The van der Waals surface area contributed by atoms with Crippen molar-refractivity contribution in [1.82, 2.24) is 9.55 Å². The van der Waals surface area contributed by atoms with E-state index in [4.69, 9.17) is 4.98 Å². The first-order valence-electron chi connectivity index (χ1n) is 7.70. The summed E-state index contributed by atoms with van der Waals surface area (Å²) in [7, 11) is 0. The fourth-order valence-corrected chi connectivity index (χ4v) is 2.92. The standard InChI is InChI=1S/C20H15FN2O/c21-16-7-3-5-14(11-16)13-23-19-10-2-1-9-18(19)22-20(23)15-6-4-8-17(24)12-15/h1-12,24H,13H2. The van der Waals surface area contributed by atoms with E-state index < -0.39 is 0 Å². The van der Waals surface area contributed by atoms with Gasteiger partial charge in [0.05, 0.1) is 11.0 Å². The van der Waals surface area contributed by atoms with Gasteiger partial charge in [-0.05, 0) is 42.0 Å². The van der Waals surface area contributed by atoms with Crippen molar-refractivity contribution in [3.8, 4) is 17.1 Å². The number of phenolic OH excluding ortho intramolecular Hbond substituents is 1. The average Bonchev–Trinajstić information content (AvgIpc) is 2.94. The number of rotatable bonds is 3. The molecule has 0 saturated heterocycles. The third-order valence-corrected chi connectivity index (χ3v) is 3.99. The van der Waals surface area contributed by atoms with Crippen molar-refractivity contribution in [3.05, 3.63) is 84.2 Å². The molecule has 3 nitrogen and oxygen atoms in total. The molecule has 1 aromatic heterocycles. The van der Waals surface area contributed by atoms with Crippen LogP contribution in [0.15, 0.2) is 72.8 Å². The number of phenols is 1. The van der Waals surface area contributed by atoms with Crippen LogP contribution < -0.4 is 0 Å². The summed E-state index contributed by atoms with van der Waals surface area (Å²) in [6.45, 7) is 0.503. The molecule has 1 heterocycles. The van der Waals surface area contributed by atoms with Crippen LogP contribution in [0.3, 0.4) is 0 Å². The van der Waals surface area contributed by atoms with Crippen LogP contribution in [0.5, 0.6) is 5.75 Å². The van der Waals surface area contributed by atoms with E-state index in [1.54, 1.807) is 24.3 Å². The van der Waals surface area contributed by atoms with E-state index in [0.29, 0.717) is 6.54 Å². The number of aromatic hydroxyl groups is 1. The number of para-hydroxylation sites is 2. The van der Waals surface area contributed by atoms with Gasteiger partial charge in [0, 0.05) is 12.1 Å². The number of hydrogen-bond donors (Lipinski definition) is 1. The van der Waals surface area contributed by atoms with Crippen LogP contribution in [0, 0.1) is 5.82 Å². The van der Waals surface area contributed by atoms with Crippen LogP contribution in [-0.2, 0) is 6.54 Å². The monoisotopic (exact) mass is 318 g/mol. The summed E-state index contributed by atoms with van der Waals surface area (Å²) in [4.78, 5) is 4.70. The molecule has 0 saturated carbocycles. The quantitative estimate of drug-likeness (QED) is 0.599. The predicted octanol–water partition coefficient (Wildman–Crippen LogP) is 4.60. The number of hydrogen-bond acceptors (Lipinski definition) is 2. The van der Waals surface area contributed by atoms with Gasteiger partial charge in [-0.2, -0.15) is 0 Å². The summed E-state index contributed by atoms with van der Waals surface area (Å²) in [5.41, 5.74) is 3.52. The molecule has 0 amide bonds. The summed E-state index contributed by atoms with van der Waals surface area (Å²) in [6, 6.07) is 21.4. The Morgan fingerprint density at radius 3 is 2.58 bits per heavy atom. The second-order valence-electron chi connectivity index (χ2n) is 5.69. The third kappa shape index (κ3) is 2.63. The van der Waals surface area contributed by atoms with Gasteiger partial charge in [-0.15, -0.1) is 0 Å². The smallest absolute Gasteiger partial charge is 0.141 e. The molecule has 118 valence electrons. The minimum Gasteiger partial charge on any atom is -0.508 e. The summed E-state index contributed by atoms with van der Waals surface area (Å²) in [5.74, 6) is 0.684. The highest BCUT2D eigenvalue weighted by molar-refractivity contribution is 5.81. The number of halogens is 1. The van der Waals surface area contributed by atoms with E-state index in [-0.39, 0.29) is 11.6 Å². The van der Waals surface area contributed by atoms with Gasteiger partial charge in [0.15, 0.2) is 0 Å². The Balaban J connectivity index is 1.90. The molecule has 0 unspecified atom stereocenters. The largest absolute Gasteiger partial charge is 0.508 e. The van der Waals surface area contributed by atoms with Crippen molar-refractivity contribution in [2.24, 2.45) is 0 Å². The van der Waals surface area contributed by atoms with Gasteiger partial charge in [-0.3, -0.25) is 0 Å². The summed E-state index contributed by atoms with van der Waals surface area (Å²) >= 11 is 0. The molecule has 4 heteroatoms. The van der Waals surface area contributed by atoms with Crippen molar-refractivity contribution in [1.29, 1.82) is 0 Å². The zero-order chi connectivity index (χ0) is 16.5. The van der Waals surface area contributed by atoms with Gasteiger partial charge in [0.25, 0.3) is 0 Å². The van der Waals surface area contributed by atoms with Crippen LogP contribution in [0.4, 0.5) is 4.39 Å². The van der Waals surface area contributed by atoms with Gasteiger partial charge < -0.3 is 9.67 Å². The molecular formula is C20H15FN2O. The maximum absolute atomic E-state index is 13.5. The molecule has 0 aliphatic heterocycles. The van der Waals surface area contributed by atoms with Crippen molar-refractivity contribution >= 4 is 11.0 Å². The van der Waals surface area contributed by atoms with Crippen molar-refractivity contribution in [2.75, 3.05) is 0 Å². The Morgan fingerprint density at radius 2 is 1.75 bits per heavy atom. The highest BCUT2D eigenvalue weighted by Crippen LogP contribution is 2.28. The lowest BCUT2D eigenvalue weighted by Gasteiger charge is -2.10. The molecule has 0 radical (unpaired) electrons. The number of nitrogens with zero attached hydrogens (tertiary/aromatic N) is 2. The Labute approximate surface area is 138 Å². The van der Waals surface area contributed by atoms with Gasteiger partial charge in [0.1, 0.15) is 17.4 Å². The molecule has 0 aliphatic carbocycles. The Hall–Kier alpha value is -3.14. The first kappa shape index (κ1) is 14.5. The molecule has 24 heavy (non-hydrogen) atoms. The fourth-order valence-electron chi connectivity index (χ4n) is 2.92. The van der Waals surface area contributed by atoms with Crippen LogP contribution in [0.1, 0.15) is 5.56 Å². The zero-order valence-corrected chi connectivity index (χ0v) is 12.9. The average molecular weight is 318 g/mol. The lowest BCUT2D eigenvalue weighted by Crippen LogP contribution is -2.02. The van der Waals surface area contributed by atoms with E-state index in [0.717, 1.165) is 28.0 Å². The fraction of sp³-hybridized carbons (Fsp3) is 0.0500. The summed E-state index contributed by atoms with van der Waals surface area (Å²) in [6.07, 6.45) is 0. The van der Waals surface area contributed by atoms with Gasteiger partial charge in [0.2, 0.25) is 0 Å². The molecule has 3 aromatic carbocycles. The molecule has 4 aromatic rings. The zero-order valence-electron chi connectivity index (χ0n) is 12.9. The normalized spacial score (nSPS) is 11.0. The topological polar surface area (TPSA) is 38.1 Å². The molecule has 0 spiro atoms. The molecule has 4 rings (SSSR count). The van der Waals surface area contributed by atoms with E-state index >= 15 is 0 Å². The maximum atomic E-state index is 13.5. The van der Waals surface area contributed by atoms with Gasteiger partial charge in [-0.1, -0.05) is 36.4 Å². The maximum Gasteiger partial charge on any atom is 0.141 e. The minimum absolute atomic E-state index is 0.192. The Bertz CT molecular complexity index is 1020. The second-order valence-corrected chi connectivity index (χ2v) is 5.69. The number of fused-ring (bicyclic) bond motifs is 1. The van der Waals surface area contributed by atoms with Crippen LogP contribution >= 0.6 is 0 Å². The second kappa shape index (κ2) is 5.81. The van der Waals surface area contributed by atoms with Crippen molar-refractivity contribution in [3.63, 3.8) is 0 Å². The first-order chi connectivity index (χ1) is 11.7. The van der Waals surface area contributed by atoms with Crippen LogP contribution in [-0.4, -0.2) is 14.7 Å². The van der Waals surface area contributed by atoms with Crippen LogP contribution in [0.25, 0.3) is 22.4 Å². The van der Waals surface area contributed by atoms with E-state index in [1.165, 1.54) is 12.1 Å². The van der Waals surface area contributed by atoms with Crippen molar-refractivity contribution in [2.45, 2.75) is 6.54 Å². The Kier molecular flexibility index (Phi) is 3.50. The summed E-state index contributed by atoms with van der Waals surface area (Å²) < 4.78 is 15.6. The van der Waals surface area contributed by atoms with E-state index in [1.807, 2.05) is 41.0 Å². The Morgan fingerprint density at radius 1 is 0.917 bits per heavy atom. The van der Waals surface area contributed by atoms with Crippen LogP contribution in [0.2, 0.25) is 0 Å². The minimum atomic E-state index is -0.254. The van der Waals surface area contributed by atoms with Gasteiger partial charge >= 0.3 is 0 Å². The van der Waals surface area contributed by atoms with E-state index in [9.17, 15) is 9.50 Å². The molecule has 1 N–H and O–H groups in total. The lowest BCUT2D eigenvalue weighted by molar-refractivity contribution is 0.475. The molecule has 0 atom stereocenters. The number of benzene rings is 3. The first-order valence-corrected chi connectivity index (χ1v) is 7.70. The highest BCUT2D eigenvalue weighted by atomic mass is 19.1. The molecule has 0 bridgehead atoms. The van der Waals surface area contributed by atoms with E-state index in [2.05, 4.69) is 0 Å². The molecule has 0 fully saturated rings. The molecule has 0 aliphatic rings. The lowest BCUT2D eigenvalue weighted by atomic mass is 10.2. The molecular weight excluding hydrogens is 303 g/mol. The number of imidazole rings is 1. The van der Waals surface area contributed by atoms with Crippen molar-refractivity contribution < 1.29 is 9.50 Å². The predicted molar refractivity (Wildman–Crippen MR) is 92.3 cm³/mol. The highest BCUT2D eigenvalue weighted by Gasteiger charge is 2.13. The SMILES string of the molecule is Oc1cccc(-c2nc3ccccc3n2Cc2cccc(F)c2)c1. The van der Waals surface area contributed by atoms with Gasteiger partial charge in [-0.25, -0.2) is 9.37 Å².